The van der Waals surface area contributed by atoms with Crippen molar-refractivity contribution in [1.82, 2.24) is 14.5 Å². The predicted molar refractivity (Wildman–Crippen MR) is 104 cm³/mol. The molecule has 0 saturated carbocycles. The van der Waals surface area contributed by atoms with Crippen LogP contribution in [0.1, 0.15) is 33.0 Å². The van der Waals surface area contributed by atoms with E-state index in [1.54, 1.807) is 60.3 Å². The molecular weight excluding hydrogens is 364 g/mol. The van der Waals surface area contributed by atoms with Crippen LogP contribution >= 0.6 is 11.6 Å². The number of fused-ring (bicyclic) bond motifs is 1. The van der Waals surface area contributed by atoms with Crippen LogP contribution in [0.15, 0.2) is 42.7 Å². The van der Waals surface area contributed by atoms with E-state index < -0.39 is 0 Å². The Morgan fingerprint density at radius 1 is 1.22 bits per heavy atom. The van der Waals surface area contributed by atoms with Gasteiger partial charge in [0.1, 0.15) is 11.6 Å². The van der Waals surface area contributed by atoms with E-state index in [0.717, 1.165) is 5.69 Å². The van der Waals surface area contributed by atoms with Gasteiger partial charge in [0.2, 0.25) is 0 Å². The molecular formula is C20H15ClN4O2. The normalized spacial score (nSPS) is 14.3. The van der Waals surface area contributed by atoms with Crippen molar-refractivity contribution < 1.29 is 9.59 Å². The molecule has 3 aromatic rings. The number of anilines is 1. The lowest BCUT2D eigenvalue weighted by Gasteiger charge is -1.99. The molecule has 0 radical (unpaired) electrons. The molecule has 3 heterocycles. The van der Waals surface area contributed by atoms with Gasteiger partial charge < -0.3 is 9.88 Å². The van der Waals surface area contributed by atoms with Gasteiger partial charge in [-0.15, -0.1) is 0 Å². The molecule has 134 valence electrons. The standard InChI is InChI=1S/C20H15ClN4O2/c1-11-22-9-17-16(20(27)24-19(17)23-11)8-15-7-13(10-25(15)2)18(26)12-3-5-14(21)6-4-12/h3-10H,1-2H3,(H,22,23,24,27). The maximum atomic E-state index is 12.7. The number of carbonyl (C=O) groups excluding carboxylic acids is 2. The predicted octanol–water partition coefficient (Wildman–Crippen LogP) is 3.50. The van der Waals surface area contributed by atoms with Gasteiger partial charge in [0.05, 0.1) is 5.57 Å². The Balaban J connectivity index is 1.70. The zero-order valence-corrected chi connectivity index (χ0v) is 15.4. The molecule has 27 heavy (non-hydrogen) atoms. The van der Waals surface area contributed by atoms with Gasteiger partial charge in [-0.3, -0.25) is 9.59 Å². The summed E-state index contributed by atoms with van der Waals surface area (Å²) in [5, 5.41) is 3.32. The summed E-state index contributed by atoms with van der Waals surface area (Å²) < 4.78 is 1.80. The van der Waals surface area contributed by atoms with Crippen LogP contribution in [0.3, 0.4) is 0 Å². The van der Waals surface area contributed by atoms with Gasteiger partial charge in [0, 0.05) is 46.8 Å². The average molecular weight is 379 g/mol. The summed E-state index contributed by atoms with van der Waals surface area (Å²) >= 11 is 5.88. The highest BCUT2D eigenvalue weighted by atomic mass is 35.5. The Kier molecular flexibility index (Phi) is 4.12. The fourth-order valence-electron chi connectivity index (χ4n) is 2.97. The fourth-order valence-corrected chi connectivity index (χ4v) is 3.09. The minimum Gasteiger partial charge on any atom is -0.350 e. The minimum atomic E-state index is -0.239. The Bertz CT molecular complexity index is 1110. The van der Waals surface area contributed by atoms with Gasteiger partial charge in [-0.1, -0.05) is 11.6 Å². The van der Waals surface area contributed by atoms with E-state index in [-0.39, 0.29) is 11.7 Å². The Morgan fingerprint density at radius 3 is 2.70 bits per heavy atom. The SMILES string of the molecule is Cc1ncc2c(n1)NC(=O)C2=Cc1cc(C(=O)c2ccc(Cl)cc2)cn1C. The van der Waals surface area contributed by atoms with Crippen LogP contribution in [0.5, 0.6) is 0 Å². The van der Waals surface area contributed by atoms with Crippen molar-refractivity contribution in [3.05, 3.63) is 76.0 Å². The number of carbonyl (C=O) groups is 2. The van der Waals surface area contributed by atoms with E-state index in [4.69, 9.17) is 11.6 Å². The maximum absolute atomic E-state index is 12.7. The van der Waals surface area contributed by atoms with Gasteiger partial charge in [-0.25, -0.2) is 9.97 Å². The third kappa shape index (κ3) is 3.15. The van der Waals surface area contributed by atoms with Crippen LogP contribution in [-0.4, -0.2) is 26.2 Å². The number of nitrogens with zero attached hydrogens (tertiary/aromatic N) is 3. The van der Waals surface area contributed by atoms with Gasteiger partial charge in [0.25, 0.3) is 5.91 Å². The largest absolute Gasteiger partial charge is 0.350 e. The topological polar surface area (TPSA) is 76.9 Å². The Labute approximate surface area is 160 Å². The van der Waals surface area contributed by atoms with Crippen LogP contribution < -0.4 is 5.32 Å². The molecule has 0 spiro atoms. The lowest BCUT2D eigenvalue weighted by Crippen LogP contribution is -2.04. The smallest absolute Gasteiger partial charge is 0.257 e. The van der Waals surface area contributed by atoms with Crippen LogP contribution in [0.4, 0.5) is 5.82 Å². The highest BCUT2D eigenvalue weighted by Crippen LogP contribution is 2.31. The van der Waals surface area contributed by atoms with Gasteiger partial charge in [0.15, 0.2) is 5.78 Å². The zero-order valence-electron chi connectivity index (χ0n) is 14.7. The molecule has 0 unspecified atom stereocenters. The van der Waals surface area contributed by atoms with Crippen molar-refractivity contribution in [2.24, 2.45) is 7.05 Å². The third-order valence-corrected chi connectivity index (χ3v) is 4.63. The molecule has 1 aromatic carbocycles. The molecule has 1 amide bonds. The first-order valence-electron chi connectivity index (χ1n) is 8.26. The summed E-state index contributed by atoms with van der Waals surface area (Å²) in [5.74, 6) is 0.745. The van der Waals surface area contributed by atoms with E-state index in [9.17, 15) is 9.59 Å². The summed E-state index contributed by atoms with van der Waals surface area (Å²) in [7, 11) is 1.82. The number of benzene rings is 1. The van der Waals surface area contributed by atoms with E-state index in [1.807, 2.05) is 7.05 Å². The number of nitrogens with one attached hydrogen (secondary N) is 1. The van der Waals surface area contributed by atoms with Gasteiger partial charge in [-0.2, -0.15) is 0 Å². The van der Waals surface area contributed by atoms with Crippen LogP contribution in [0, 0.1) is 6.92 Å². The van der Waals surface area contributed by atoms with Crippen molar-refractivity contribution in [1.29, 1.82) is 0 Å². The van der Waals surface area contributed by atoms with Crippen molar-refractivity contribution in [3.63, 3.8) is 0 Å². The summed E-state index contributed by atoms with van der Waals surface area (Å²) in [6.45, 7) is 1.76. The zero-order chi connectivity index (χ0) is 19.1. The number of ketones is 1. The van der Waals surface area contributed by atoms with E-state index in [1.165, 1.54) is 0 Å². The van der Waals surface area contributed by atoms with Gasteiger partial charge in [-0.05, 0) is 43.3 Å². The molecule has 0 bridgehead atoms. The molecule has 1 N–H and O–H groups in total. The van der Waals surface area contributed by atoms with E-state index >= 15 is 0 Å². The highest BCUT2D eigenvalue weighted by Gasteiger charge is 2.26. The second-order valence-corrected chi connectivity index (χ2v) is 6.73. The second-order valence-electron chi connectivity index (χ2n) is 6.29. The molecule has 4 rings (SSSR count). The number of aromatic nitrogens is 3. The Hall–Kier alpha value is -3.25. The fraction of sp³-hybridized carbons (Fsp3) is 0.100. The Morgan fingerprint density at radius 2 is 1.96 bits per heavy atom. The van der Waals surface area contributed by atoms with E-state index in [0.29, 0.717) is 38.9 Å². The van der Waals surface area contributed by atoms with Crippen LogP contribution in [0.2, 0.25) is 5.02 Å². The summed E-state index contributed by atoms with van der Waals surface area (Å²) in [4.78, 5) is 33.4. The lowest BCUT2D eigenvalue weighted by molar-refractivity contribution is -0.110. The summed E-state index contributed by atoms with van der Waals surface area (Å²) in [5.41, 5.74) is 2.93. The molecule has 1 aliphatic rings. The first-order valence-corrected chi connectivity index (χ1v) is 8.64. The average Bonchev–Trinajstić information content (AvgIpc) is 3.15. The number of hydrogen-bond acceptors (Lipinski definition) is 4. The molecule has 1 aliphatic heterocycles. The monoisotopic (exact) mass is 378 g/mol. The van der Waals surface area contributed by atoms with Crippen molar-refractivity contribution >= 4 is 40.8 Å². The molecule has 6 nitrogen and oxygen atoms in total. The molecule has 7 heteroatoms. The van der Waals surface area contributed by atoms with Crippen molar-refractivity contribution in [2.45, 2.75) is 6.92 Å². The number of aryl methyl sites for hydroxylation is 2. The summed E-state index contributed by atoms with van der Waals surface area (Å²) in [6, 6.07) is 8.50. The minimum absolute atomic E-state index is 0.109. The number of hydrogen-bond donors (Lipinski definition) is 1. The van der Waals surface area contributed by atoms with Crippen molar-refractivity contribution in [3.8, 4) is 0 Å². The number of rotatable bonds is 3. The maximum Gasteiger partial charge on any atom is 0.257 e. The first-order chi connectivity index (χ1) is 12.9. The second kappa shape index (κ2) is 6.48. The van der Waals surface area contributed by atoms with Crippen LogP contribution in [-0.2, 0) is 11.8 Å². The number of halogens is 1. The number of amides is 1. The van der Waals surface area contributed by atoms with E-state index in [2.05, 4.69) is 15.3 Å². The molecule has 0 atom stereocenters. The van der Waals surface area contributed by atoms with Crippen LogP contribution in [0.25, 0.3) is 11.6 Å². The molecule has 2 aromatic heterocycles. The van der Waals surface area contributed by atoms with Gasteiger partial charge >= 0.3 is 0 Å². The van der Waals surface area contributed by atoms with Crippen molar-refractivity contribution in [2.75, 3.05) is 5.32 Å². The lowest BCUT2D eigenvalue weighted by atomic mass is 10.1. The first kappa shape index (κ1) is 17.2. The molecule has 0 fully saturated rings. The third-order valence-electron chi connectivity index (χ3n) is 4.38. The molecule has 0 saturated heterocycles. The quantitative estimate of drug-likeness (QED) is 0.559. The highest BCUT2D eigenvalue weighted by molar-refractivity contribution is 6.34. The molecule has 0 aliphatic carbocycles. The summed E-state index contributed by atoms with van der Waals surface area (Å²) in [6.07, 6.45) is 5.10.